The number of unbranched alkanes of at least 4 members (excludes halogenated alkanes) is 1. The van der Waals surface area contributed by atoms with Crippen molar-refractivity contribution < 1.29 is 10.2 Å². The summed E-state index contributed by atoms with van der Waals surface area (Å²) in [4.78, 5) is 0. The number of hydrogen-bond acceptors (Lipinski definition) is 2. The molecule has 0 fully saturated rings. The molecular weight excluding hydrogens is 140 g/mol. The maximum Gasteiger partial charge on any atom is 0.0617 e. The zero-order valence-corrected chi connectivity index (χ0v) is 7.80. The van der Waals surface area contributed by atoms with Gasteiger partial charge in [-0.25, -0.2) is 0 Å². The van der Waals surface area contributed by atoms with E-state index in [1.54, 1.807) is 0 Å². The number of aliphatic hydroxyl groups is 2. The minimum atomic E-state index is -0.574. The Labute approximate surface area is 69.2 Å². The highest BCUT2D eigenvalue weighted by atomic mass is 16.3. The zero-order valence-electron chi connectivity index (χ0n) is 7.80. The molecule has 11 heavy (non-hydrogen) atoms. The van der Waals surface area contributed by atoms with E-state index in [0.29, 0.717) is 5.92 Å². The Bertz CT molecular complexity index is 94.2. The minimum absolute atomic E-state index is 0.262. The normalized spacial score (nSPS) is 15.0. The summed E-state index contributed by atoms with van der Waals surface area (Å²) in [7, 11) is 0. The molecular formula is C9H20O2. The van der Waals surface area contributed by atoms with E-state index in [-0.39, 0.29) is 6.61 Å². The summed E-state index contributed by atoms with van der Waals surface area (Å²) in [6, 6.07) is 0. The van der Waals surface area contributed by atoms with Crippen molar-refractivity contribution in [1.82, 2.24) is 0 Å². The third-order valence-electron chi connectivity index (χ3n) is 2.25. The van der Waals surface area contributed by atoms with Crippen LogP contribution in [0.25, 0.3) is 0 Å². The van der Waals surface area contributed by atoms with Crippen molar-refractivity contribution in [3.8, 4) is 0 Å². The highest BCUT2D eigenvalue weighted by molar-refractivity contribution is 4.72. The second-order valence-corrected chi connectivity index (χ2v) is 3.77. The molecule has 0 aliphatic heterocycles. The van der Waals surface area contributed by atoms with E-state index in [4.69, 9.17) is 5.11 Å². The minimum Gasteiger partial charge on any atom is -0.396 e. The molecule has 0 saturated heterocycles. The largest absolute Gasteiger partial charge is 0.396 e. The molecule has 0 amide bonds. The molecule has 0 spiro atoms. The second-order valence-electron chi connectivity index (χ2n) is 3.77. The van der Waals surface area contributed by atoms with Crippen LogP contribution in [-0.4, -0.2) is 22.4 Å². The molecule has 2 nitrogen and oxygen atoms in total. The van der Waals surface area contributed by atoms with Crippen molar-refractivity contribution in [1.29, 1.82) is 0 Å². The van der Waals surface area contributed by atoms with Gasteiger partial charge in [-0.3, -0.25) is 0 Å². The summed E-state index contributed by atoms with van der Waals surface area (Å²) in [5.41, 5.74) is -0.574. The number of aliphatic hydroxyl groups excluding tert-OH is 1. The molecule has 0 saturated carbocycles. The predicted octanol–water partition coefficient (Wildman–Crippen LogP) is 1.56. The quantitative estimate of drug-likeness (QED) is 0.599. The van der Waals surface area contributed by atoms with E-state index in [2.05, 4.69) is 0 Å². The summed E-state index contributed by atoms with van der Waals surface area (Å²) < 4.78 is 0. The standard InChI is InChI=1S/C9H20O2/c1-8(9(2,3)11)6-4-5-7-10/h8,10-11H,4-7H2,1-3H3. The molecule has 0 aliphatic rings. The van der Waals surface area contributed by atoms with Crippen molar-refractivity contribution in [3.05, 3.63) is 0 Å². The average molecular weight is 160 g/mol. The molecule has 0 heterocycles. The first-order valence-electron chi connectivity index (χ1n) is 4.31. The molecule has 0 aliphatic carbocycles. The Morgan fingerprint density at radius 1 is 1.27 bits per heavy atom. The van der Waals surface area contributed by atoms with Crippen molar-refractivity contribution in [2.45, 2.75) is 45.6 Å². The predicted molar refractivity (Wildman–Crippen MR) is 46.4 cm³/mol. The van der Waals surface area contributed by atoms with Crippen LogP contribution in [0, 0.1) is 5.92 Å². The molecule has 1 unspecified atom stereocenters. The van der Waals surface area contributed by atoms with Gasteiger partial charge in [-0.05, 0) is 32.6 Å². The summed E-state index contributed by atoms with van der Waals surface area (Å²) >= 11 is 0. The lowest BCUT2D eigenvalue weighted by atomic mass is 9.88. The molecule has 68 valence electrons. The van der Waals surface area contributed by atoms with Crippen LogP contribution in [0.1, 0.15) is 40.0 Å². The first kappa shape index (κ1) is 10.9. The van der Waals surface area contributed by atoms with Crippen LogP contribution in [0.5, 0.6) is 0 Å². The van der Waals surface area contributed by atoms with Crippen LogP contribution in [-0.2, 0) is 0 Å². The lowest BCUT2D eigenvalue weighted by molar-refractivity contribution is 0.0199. The van der Waals surface area contributed by atoms with Crippen molar-refractivity contribution in [3.63, 3.8) is 0 Å². The van der Waals surface area contributed by atoms with Gasteiger partial charge in [0.25, 0.3) is 0 Å². The van der Waals surface area contributed by atoms with Gasteiger partial charge in [0.15, 0.2) is 0 Å². The Balaban J connectivity index is 3.44. The van der Waals surface area contributed by atoms with Gasteiger partial charge < -0.3 is 10.2 Å². The maximum atomic E-state index is 9.52. The molecule has 0 aromatic carbocycles. The molecule has 0 rings (SSSR count). The van der Waals surface area contributed by atoms with Gasteiger partial charge in [-0.15, -0.1) is 0 Å². The lowest BCUT2D eigenvalue weighted by Crippen LogP contribution is -2.28. The Hall–Kier alpha value is -0.0800. The van der Waals surface area contributed by atoms with E-state index >= 15 is 0 Å². The second kappa shape index (κ2) is 4.73. The first-order chi connectivity index (χ1) is 4.98. The van der Waals surface area contributed by atoms with Crippen LogP contribution < -0.4 is 0 Å². The highest BCUT2D eigenvalue weighted by Crippen LogP contribution is 2.20. The van der Waals surface area contributed by atoms with Gasteiger partial charge in [0, 0.05) is 6.61 Å². The third kappa shape index (κ3) is 5.22. The summed E-state index contributed by atoms with van der Waals surface area (Å²) in [5.74, 6) is 0.314. The van der Waals surface area contributed by atoms with E-state index in [1.165, 1.54) is 0 Å². The van der Waals surface area contributed by atoms with Crippen molar-refractivity contribution in [2.24, 2.45) is 5.92 Å². The highest BCUT2D eigenvalue weighted by Gasteiger charge is 2.20. The van der Waals surface area contributed by atoms with E-state index in [0.717, 1.165) is 19.3 Å². The van der Waals surface area contributed by atoms with Crippen LogP contribution in [0.15, 0.2) is 0 Å². The molecule has 2 N–H and O–H groups in total. The maximum absolute atomic E-state index is 9.52. The van der Waals surface area contributed by atoms with Gasteiger partial charge in [0.1, 0.15) is 0 Å². The Kier molecular flexibility index (Phi) is 4.69. The zero-order chi connectivity index (χ0) is 8.91. The van der Waals surface area contributed by atoms with Gasteiger partial charge in [-0.2, -0.15) is 0 Å². The molecule has 0 aromatic heterocycles. The van der Waals surface area contributed by atoms with E-state index in [9.17, 15) is 5.11 Å². The topological polar surface area (TPSA) is 40.5 Å². The van der Waals surface area contributed by atoms with Gasteiger partial charge >= 0.3 is 0 Å². The smallest absolute Gasteiger partial charge is 0.0617 e. The van der Waals surface area contributed by atoms with Crippen molar-refractivity contribution >= 4 is 0 Å². The van der Waals surface area contributed by atoms with Crippen LogP contribution in [0.2, 0.25) is 0 Å². The SMILES string of the molecule is CC(CCCCO)C(C)(C)O. The lowest BCUT2D eigenvalue weighted by Gasteiger charge is -2.25. The van der Waals surface area contributed by atoms with Crippen LogP contribution in [0.3, 0.4) is 0 Å². The van der Waals surface area contributed by atoms with E-state index in [1.807, 2.05) is 20.8 Å². The van der Waals surface area contributed by atoms with Gasteiger partial charge in [0.2, 0.25) is 0 Å². The fourth-order valence-corrected chi connectivity index (χ4v) is 0.916. The molecule has 0 radical (unpaired) electrons. The fourth-order valence-electron chi connectivity index (χ4n) is 0.916. The fraction of sp³-hybridized carbons (Fsp3) is 1.00. The molecule has 2 heteroatoms. The summed E-state index contributed by atoms with van der Waals surface area (Å²) in [6.07, 6.45) is 2.84. The Morgan fingerprint density at radius 2 is 1.82 bits per heavy atom. The van der Waals surface area contributed by atoms with Crippen molar-refractivity contribution in [2.75, 3.05) is 6.61 Å². The van der Waals surface area contributed by atoms with Gasteiger partial charge in [-0.1, -0.05) is 13.3 Å². The number of rotatable bonds is 5. The monoisotopic (exact) mass is 160 g/mol. The first-order valence-corrected chi connectivity index (χ1v) is 4.31. The summed E-state index contributed by atoms with van der Waals surface area (Å²) in [6.45, 7) is 5.96. The van der Waals surface area contributed by atoms with E-state index < -0.39 is 5.60 Å². The molecule has 0 aromatic rings. The van der Waals surface area contributed by atoms with Crippen LogP contribution in [0.4, 0.5) is 0 Å². The number of hydrogen-bond donors (Lipinski definition) is 2. The summed E-state index contributed by atoms with van der Waals surface area (Å²) in [5, 5.41) is 18.0. The molecule has 0 bridgehead atoms. The Morgan fingerprint density at radius 3 is 2.18 bits per heavy atom. The van der Waals surface area contributed by atoms with Crippen LogP contribution >= 0.6 is 0 Å². The van der Waals surface area contributed by atoms with Gasteiger partial charge in [0.05, 0.1) is 5.60 Å². The third-order valence-corrected chi connectivity index (χ3v) is 2.25. The molecule has 1 atom stereocenters. The average Bonchev–Trinajstić information content (AvgIpc) is 1.86.